The van der Waals surface area contributed by atoms with Gasteiger partial charge >= 0.3 is 5.97 Å². The molecule has 1 aromatic rings. The van der Waals surface area contributed by atoms with Crippen molar-refractivity contribution < 1.29 is 14.3 Å². The Morgan fingerprint density at radius 1 is 0.933 bits per heavy atom. The average molecular weight is 409 g/mol. The number of rotatable bonds is 6. The summed E-state index contributed by atoms with van der Waals surface area (Å²) in [5.41, 5.74) is 0.162. The normalized spacial score (nSPS) is 26.3. The van der Waals surface area contributed by atoms with Crippen molar-refractivity contribution in [1.29, 1.82) is 10.5 Å². The Balaban J connectivity index is 1.55. The molecular formula is C25H32N2O3. The third-order valence-electron chi connectivity index (χ3n) is 7.14. The summed E-state index contributed by atoms with van der Waals surface area (Å²) in [7, 11) is 1.44. The second-order valence-corrected chi connectivity index (χ2v) is 8.84. The molecule has 0 radical (unpaired) electrons. The molecule has 0 unspecified atom stereocenters. The zero-order valence-electron chi connectivity index (χ0n) is 18.2. The highest BCUT2D eigenvalue weighted by molar-refractivity contribution is 5.77. The van der Waals surface area contributed by atoms with E-state index in [1.807, 2.05) is 12.1 Å². The molecule has 30 heavy (non-hydrogen) atoms. The number of benzene rings is 1. The second kappa shape index (κ2) is 10.5. The first-order valence-electron chi connectivity index (χ1n) is 11.3. The zero-order chi connectivity index (χ0) is 21.5. The number of hydrogen-bond acceptors (Lipinski definition) is 5. The number of methoxy groups -OCH3 is 1. The minimum Gasteiger partial charge on any atom is -0.495 e. The van der Waals surface area contributed by atoms with Gasteiger partial charge in [-0.05, 0) is 68.4 Å². The van der Waals surface area contributed by atoms with Gasteiger partial charge in [0.1, 0.15) is 34.8 Å². The fourth-order valence-electron chi connectivity index (χ4n) is 5.42. The Bertz CT molecular complexity index is 820. The number of nitrogens with zero attached hydrogens (tertiary/aromatic N) is 2. The Morgan fingerprint density at radius 3 is 2.00 bits per heavy atom. The van der Waals surface area contributed by atoms with Crippen LogP contribution in [-0.4, -0.2) is 13.1 Å². The molecule has 2 aliphatic carbocycles. The van der Waals surface area contributed by atoms with Crippen LogP contribution in [0.25, 0.3) is 0 Å². The van der Waals surface area contributed by atoms with Crippen LogP contribution in [0.15, 0.2) is 12.1 Å². The van der Waals surface area contributed by atoms with E-state index in [1.165, 1.54) is 51.7 Å². The lowest BCUT2D eigenvalue weighted by Gasteiger charge is -2.37. The fourth-order valence-corrected chi connectivity index (χ4v) is 5.42. The molecule has 0 bridgehead atoms. The summed E-state index contributed by atoms with van der Waals surface area (Å²) in [6, 6.07) is 7.06. The molecule has 0 spiro atoms. The maximum Gasteiger partial charge on any atom is 0.314 e. The average Bonchev–Trinajstić information content (AvgIpc) is 2.79. The Hall–Kier alpha value is -2.53. The Labute approximate surface area is 180 Å². The van der Waals surface area contributed by atoms with Crippen molar-refractivity contribution in [3.8, 4) is 23.6 Å². The summed E-state index contributed by atoms with van der Waals surface area (Å²) < 4.78 is 10.7. The van der Waals surface area contributed by atoms with Crippen LogP contribution in [0.1, 0.15) is 82.3 Å². The molecule has 5 heteroatoms. The van der Waals surface area contributed by atoms with Gasteiger partial charge in [0.15, 0.2) is 0 Å². The van der Waals surface area contributed by atoms with E-state index in [0.29, 0.717) is 5.75 Å². The highest BCUT2D eigenvalue weighted by Gasteiger charge is 2.34. The van der Waals surface area contributed by atoms with Crippen LogP contribution in [0.5, 0.6) is 11.5 Å². The Morgan fingerprint density at radius 2 is 1.47 bits per heavy atom. The van der Waals surface area contributed by atoms with Crippen LogP contribution in [0, 0.1) is 46.3 Å². The van der Waals surface area contributed by atoms with Crippen molar-refractivity contribution in [2.24, 2.45) is 23.7 Å². The third kappa shape index (κ3) is 4.96. The summed E-state index contributed by atoms with van der Waals surface area (Å²) in [5, 5.41) is 18.8. The van der Waals surface area contributed by atoms with E-state index in [-0.39, 0.29) is 28.8 Å². The molecular weight excluding hydrogens is 376 g/mol. The van der Waals surface area contributed by atoms with E-state index in [0.717, 1.165) is 43.4 Å². The standard InChI is InChI=1S/C25H32N2O3/c1-3-4-17-5-7-18(8-6-17)19-9-11-20(12-10-19)25(28)30-24-14-13-23(29-2)21(15-26)22(24)16-27/h13-14,17-20H,3-12H2,1-2H3. The predicted octanol–water partition coefficient (Wildman–Crippen LogP) is 5.76. The van der Waals surface area contributed by atoms with E-state index in [2.05, 4.69) is 6.92 Å². The molecule has 0 heterocycles. The first kappa shape index (κ1) is 22.2. The van der Waals surface area contributed by atoms with Gasteiger partial charge in [-0.1, -0.05) is 32.6 Å². The van der Waals surface area contributed by atoms with Crippen LogP contribution in [0.3, 0.4) is 0 Å². The van der Waals surface area contributed by atoms with Gasteiger partial charge < -0.3 is 9.47 Å². The monoisotopic (exact) mass is 408 g/mol. The Kier molecular flexibility index (Phi) is 7.75. The topological polar surface area (TPSA) is 83.1 Å². The van der Waals surface area contributed by atoms with Crippen molar-refractivity contribution in [3.63, 3.8) is 0 Å². The van der Waals surface area contributed by atoms with Crippen LogP contribution in [-0.2, 0) is 4.79 Å². The largest absolute Gasteiger partial charge is 0.495 e. The van der Waals surface area contributed by atoms with Gasteiger partial charge in [-0.25, -0.2) is 0 Å². The molecule has 0 N–H and O–H groups in total. The number of carbonyl (C=O) groups excluding carboxylic acids is 1. The highest BCUT2D eigenvalue weighted by Crippen LogP contribution is 2.42. The van der Waals surface area contributed by atoms with Gasteiger partial charge in [0.25, 0.3) is 0 Å². The molecule has 160 valence electrons. The van der Waals surface area contributed by atoms with Gasteiger partial charge in [-0.3, -0.25) is 4.79 Å². The smallest absolute Gasteiger partial charge is 0.314 e. The van der Waals surface area contributed by atoms with Gasteiger partial charge in [0, 0.05) is 0 Å². The molecule has 2 saturated carbocycles. The minimum absolute atomic E-state index is 0.0581. The number of hydrogen-bond donors (Lipinski definition) is 0. The first-order chi connectivity index (χ1) is 14.6. The molecule has 0 atom stereocenters. The van der Waals surface area contributed by atoms with Crippen molar-refractivity contribution in [1.82, 2.24) is 0 Å². The van der Waals surface area contributed by atoms with E-state index in [9.17, 15) is 15.3 Å². The van der Waals surface area contributed by atoms with Crippen LogP contribution >= 0.6 is 0 Å². The number of carbonyl (C=O) groups is 1. The van der Waals surface area contributed by atoms with E-state index in [1.54, 1.807) is 6.07 Å². The zero-order valence-corrected chi connectivity index (χ0v) is 18.2. The summed E-state index contributed by atoms with van der Waals surface area (Å²) >= 11 is 0. The molecule has 2 fully saturated rings. The number of nitriles is 2. The van der Waals surface area contributed by atoms with Gasteiger partial charge in [-0.2, -0.15) is 10.5 Å². The first-order valence-corrected chi connectivity index (χ1v) is 11.3. The van der Waals surface area contributed by atoms with Gasteiger partial charge in [0.05, 0.1) is 13.0 Å². The second-order valence-electron chi connectivity index (χ2n) is 8.84. The van der Waals surface area contributed by atoms with E-state index in [4.69, 9.17) is 9.47 Å². The molecule has 0 saturated heterocycles. The quantitative estimate of drug-likeness (QED) is 0.441. The van der Waals surface area contributed by atoms with Crippen molar-refractivity contribution >= 4 is 5.97 Å². The maximum atomic E-state index is 12.7. The summed E-state index contributed by atoms with van der Waals surface area (Å²) in [6.45, 7) is 2.28. The third-order valence-corrected chi connectivity index (χ3v) is 7.14. The maximum absolute atomic E-state index is 12.7. The minimum atomic E-state index is -0.286. The molecule has 3 rings (SSSR count). The molecule has 5 nitrogen and oxygen atoms in total. The number of ether oxygens (including phenoxy) is 2. The predicted molar refractivity (Wildman–Crippen MR) is 114 cm³/mol. The lowest BCUT2D eigenvalue weighted by molar-refractivity contribution is -0.140. The molecule has 2 aliphatic rings. The van der Waals surface area contributed by atoms with E-state index < -0.39 is 0 Å². The van der Waals surface area contributed by atoms with E-state index >= 15 is 0 Å². The number of esters is 1. The molecule has 1 aromatic carbocycles. The van der Waals surface area contributed by atoms with Crippen molar-refractivity contribution in [2.75, 3.05) is 7.11 Å². The van der Waals surface area contributed by atoms with Crippen LogP contribution < -0.4 is 9.47 Å². The van der Waals surface area contributed by atoms with Crippen molar-refractivity contribution in [3.05, 3.63) is 23.3 Å². The summed E-state index contributed by atoms with van der Waals surface area (Å²) in [5.74, 6) is 2.52. The summed E-state index contributed by atoms with van der Waals surface area (Å²) in [4.78, 5) is 12.7. The van der Waals surface area contributed by atoms with Crippen LogP contribution in [0.2, 0.25) is 0 Å². The highest BCUT2D eigenvalue weighted by atomic mass is 16.5. The molecule has 0 aromatic heterocycles. The van der Waals surface area contributed by atoms with Crippen molar-refractivity contribution in [2.45, 2.75) is 71.1 Å². The lowest BCUT2D eigenvalue weighted by atomic mass is 9.69. The SMILES string of the molecule is CCCC1CCC(C2CCC(C(=O)Oc3ccc(OC)c(C#N)c3C#N)CC2)CC1. The molecule has 0 amide bonds. The van der Waals surface area contributed by atoms with Gasteiger partial charge in [-0.15, -0.1) is 0 Å². The van der Waals surface area contributed by atoms with Crippen LogP contribution in [0.4, 0.5) is 0 Å². The van der Waals surface area contributed by atoms with Gasteiger partial charge in [0.2, 0.25) is 0 Å². The summed E-state index contributed by atoms with van der Waals surface area (Å²) in [6.07, 6.45) is 12.0. The fraction of sp³-hybridized carbons (Fsp3) is 0.640. The lowest BCUT2D eigenvalue weighted by Crippen LogP contribution is -2.30. The molecule has 0 aliphatic heterocycles.